The van der Waals surface area contributed by atoms with Gasteiger partial charge in [-0.25, -0.2) is 0 Å². The number of fused-ring (bicyclic) bond motifs is 1. The first-order valence-electron chi connectivity index (χ1n) is 6.94. The summed E-state index contributed by atoms with van der Waals surface area (Å²) in [7, 11) is 5.83. The third-order valence-electron chi connectivity index (χ3n) is 3.38. The summed E-state index contributed by atoms with van der Waals surface area (Å²) < 4.78 is 16.2. The van der Waals surface area contributed by atoms with Crippen LogP contribution in [0.2, 0.25) is 0 Å². The molecule has 1 heterocycles. The molecular formula is C15H24N2O3. The van der Waals surface area contributed by atoms with E-state index in [-0.39, 0.29) is 6.79 Å². The van der Waals surface area contributed by atoms with Gasteiger partial charge in [-0.3, -0.25) is 0 Å². The minimum Gasteiger partial charge on any atom is -0.493 e. The molecule has 1 atom stereocenters. The van der Waals surface area contributed by atoms with Crippen molar-refractivity contribution < 1.29 is 14.2 Å². The van der Waals surface area contributed by atoms with Crippen LogP contribution in [0.5, 0.6) is 17.2 Å². The minimum absolute atomic E-state index is 0.266. The van der Waals surface area contributed by atoms with E-state index >= 15 is 0 Å². The monoisotopic (exact) mass is 280 g/mol. The number of hydrogen-bond acceptors (Lipinski definition) is 5. The molecule has 0 aliphatic carbocycles. The summed E-state index contributed by atoms with van der Waals surface area (Å²) in [5.74, 6) is 2.21. The van der Waals surface area contributed by atoms with Crippen LogP contribution in [0.4, 0.5) is 0 Å². The van der Waals surface area contributed by atoms with Gasteiger partial charge in [0.2, 0.25) is 12.5 Å². The van der Waals surface area contributed by atoms with E-state index in [1.54, 1.807) is 7.11 Å². The average Bonchev–Trinajstić information content (AvgIpc) is 2.90. The molecule has 1 aromatic rings. The van der Waals surface area contributed by atoms with Gasteiger partial charge in [0, 0.05) is 12.6 Å². The second kappa shape index (κ2) is 6.81. The smallest absolute Gasteiger partial charge is 0.231 e. The Morgan fingerprint density at radius 3 is 2.85 bits per heavy atom. The first-order chi connectivity index (χ1) is 9.60. The lowest BCUT2D eigenvalue weighted by Gasteiger charge is -2.17. The van der Waals surface area contributed by atoms with E-state index in [1.165, 1.54) is 0 Å². The highest BCUT2D eigenvalue weighted by molar-refractivity contribution is 5.55. The van der Waals surface area contributed by atoms with E-state index in [0.717, 1.165) is 36.6 Å². The van der Waals surface area contributed by atoms with Crippen molar-refractivity contribution in [1.29, 1.82) is 0 Å². The summed E-state index contributed by atoms with van der Waals surface area (Å²) in [4.78, 5) is 2.20. The first-order valence-corrected chi connectivity index (χ1v) is 6.94. The molecule has 0 fully saturated rings. The van der Waals surface area contributed by atoms with Gasteiger partial charge in [-0.1, -0.05) is 0 Å². The summed E-state index contributed by atoms with van der Waals surface area (Å²) in [6.07, 6.45) is 1.12. The maximum atomic E-state index is 5.43. The molecular weight excluding hydrogens is 256 g/mol. The summed E-state index contributed by atoms with van der Waals surface area (Å²) in [6, 6.07) is 4.48. The van der Waals surface area contributed by atoms with Gasteiger partial charge in [-0.05, 0) is 51.7 Å². The Hall–Kier alpha value is -1.46. The molecule has 0 aromatic heterocycles. The highest BCUT2D eigenvalue weighted by atomic mass is 16.7. The lowest BCUT2D eigenvalue weighted by molar-refractivity contribution is 0.171. The zero-order valence-electron chi connectivity index (χ0n) is 12.7. The maximum absolute atomic E-state index is 5.43. The predicted octanol–water partition coefficient (Wildman–Crippen LogP) is 1.85. The van der Waals surface area contributed by atoms with Crippen molar-refractivity contribution in [3.8, 4) is 17.2 Å². The van der Waals surface area contributed by atoms with Crippen LogP contribution in [-0.4, -0.2) is 45.5 Å². The Morgan fingerprint density at radius 1 is 1.35 bits per heavy atom. The molecule has 1 aliphatic rings. The Balaban J connectivity index is 1.93. The number of benzene rings is 1. The Kier molecular flexibility index (Phi) is 5.09. The van der Waals surface area contributed by atoms with Crippen LogP contribution in [0.25, 0.3) is 0 Å². The van der Waals surface area contributed by atoms with E-state index in [9.17, 15) is 0 Å². The first kappa shape index (κ1) is 14.9. The number of ether oxygens (including phenoxy) is 3. The van der Waals surface area contributed by atoms with Crippen LogP contribution in [0, 0.1) is 0 Å². The molecule has 0 radical (unpaired) electrons. The highest BCUT2D eigenvalue weighted by Gasteiger charge is 2.20. The molecule has 1 unspecified atom stereocenters. The molecule has 0 saturated carbocycles. The summed E-state index contributed by atoms with van der Waals surface area (Å²) in [6.45, 7) is 4.34. The molecule has 0 bridgehead atoms. The van der Waals surface area contributed by atoms with Gasteiger partial charge in [-0.2, -0.15) is 0 Å². The van der Waals surface area contributed by atoms with Crippen molar-refractivity contribution in [3.63, 3.8) is 0 Å². The quantitative estimate of drug-likeness (QED) is 0.826. The number of nitrogens with zero attached hydrogens (tertiary/aromatic N) is 1. The van der Waals surface area contributed by atoms with Crippen molar-refractivity contribution in [2.24, 2.45) is 0 Å². The minimum atomic E-state index is 0.266. The van der Waals surface area contributed by atoms with Gasteiger partial charge in [0.25, 0.3) is 0 Å². The lowest BCUT2D eigenvalue weighted by Crippen LogP contribution is -2.29. The van der Waals surface area contributed by atoms with Crippen molar-refractivity contribution >= 4 is 0 Å². The van der Waals surface area contributed by atoms with Gasteiger partial charge in [0.15, 0.2) is 11.5 Å². The molecule has 0 amide bonds. The summed E-state index contributed by atoms with van der Waals surface area (Å²) in [5.41, 5.74) is 1.14. The van der Waals surface area contributed by atoms with Gasteiger partial charge in [0.1, 0.15) is 0 Å². The van der Waals surface area contributed by atoms with Gasteiger partial charge >= 0.3 is 0 Å². The molecule has 1 aliphatic heterocycles. The molecule has 2 rings (SSSR count). The SMILES string of the molecule is COc1cc(CNC(C)CCN(C)C)cc2c1OCO2. The third kappa shape index (κ3) is 3.77. The zero-order chi connectivity index (χ0) is 14.5. The highest BCUT2D eigenvalue weighted by Crippen LogP contribution is 2.41. The van der Waals surface area contributed by atoms with E-state index in [1.807, 2.05) is 12.1 Å². The van der Waals surface area contributed by atoms with Gasteiger partial charge < -0.3 is 24.4 Å². The fraction of sp³-hybridized carbons (Fsp3) is 0.600. The molecule has 1 N–H and O–H groups in total. The van der Waals surface area contributed by atoms with Crippen molar-refractivity contribution in [1.82, 2.24) is 10.2 Å². The standard InChI is InChI=1S/C15H24N2O3/c1-11(5-6-17(2)3)16-9-12-7-13(18-4)15-14(8-12)19-10-20-15/h7-8,11,16H,5-6,9-10H2,1-4H3. The number of rotatable bonds is 7. The van der Waals surface area contributed by atoms with Crippen LogP contribution in [0.1, 0.15) is 18.9 Å². The van der Waals surface area contributed by atoms with E-state index in [4.69, 9.17) is 14.2 Å². The molecule has 5 heteroatoms. The summed E-state index contributed by atoms with van der Waals surface area (Å²) in [5, 5.41) is 3.52. The van der Waals surface area contributed by atoms with Crippen LogP contribution < -0.4 is 19.5 Å². The second-order valence-electron chi connectivity index (χ2n) is 5.41. The van der Waals surface area contributed by atoms with E-state index in [2.05, 4.69) is 31.2 Å². The molecule has 0 spiro atoms. The largest absolute Gasteiger partial charge is 0.493 e. The average molecular weight is 280 g/mol. The van der Waals surface area contributed by atoms with Crippen LogP contribution in [0.3, 0.4) is 0 Å². The van der Waals surface area contributed by atoms with Gasteiger partial charge in [0.05, 0.1) is 7.11 Å². The van der Waals surface area contributed by atoms with Gasteiger partial charge in [-0.15, -0.1) is 0 Å². The fourth-order valence-corrected chi connectivity index (χ4v) is 2.13. The van der Waals surface area contributed by atoms with E-state index < -0.39 is 0 Å². The number of methoxy groups -OCH3 is 1. The molecule has 112 valence electrons. The van der Waals surface area contributed by atoms with Crippen LogP contribution in [0.15, 0.2) is 12.1 Å². The second-order valence-corrected chi connectivity index (χ2v) is 5.41. The van der Waals surface area contributed by atoms with E-state index in [0.29, 0.717) is 11.8 Å². The Morgan fingerprint density at radius 2 is 2.15 bits per heavy atom. The van der Waals surface area contributed by atoms with Crippen LogP contribution >= 0.6 is 0 Å². The Labute approximate surface area is 120 Å². The fourth-order valence-electron chi connectivity index (χ4n) is 2.13. The molecule has 5 nitrogen and oxygen atoms in total. The topological polar surface area (TPSA) is 43.0 Å². The van der Waals surface area contributed by atoms with Crippen molar-refractivity contribution in [3.05, 3.63) is 17.7 Å². The summed E-state index contributed by atoms with van der Waals surface area (Å²) >= 11 is 0. The lowest BCUT2D eigenvalue weighted by atomic mass is 10.1. The normalized spacial score (nSPS) is 14.7. The zero-order valence-corrected chi connectivity index (χ0v) is 12.7. The third-order valence-corrected chi connectivity index (χ3v) is 3.38. The maximum Gasteiger partial charge on any atom is 0.231 e. The number of hydrogen-bond donors (Lipinski definition) is 1. The molecule has 20 heavy (non-hydrogen) atoms. The molecule has 1 aromatic carbocycles. The van der Waals surface area contributed by atoms with Crippen LogP contribution in [-0.2, 0) is 6.54 Å². The Bertz CT molecular complexity index is 449. The van der Waals surface area contributed by atoms with Crippen molar-refractivity contribution in [2.75, 3.05) is 34.5 Å². The predicted molar refractivity (Wildman–Crippen MR) is 78.6 cm³/mol. The molecule has 0 saturated heterocycles. The van der Waals surface area contributed by atoms with Crippen molar-refractivity contribution in [2.45, 2.75) is 25.9 Å². The number of nitrogens with one attached hydrogen (secondary N) is 1.